The van der Waals surface area contributed by atoms with E-state index in [2.05, 4.69) is 0 Å². The molecule has 0 spiro atoms. The van der Waals surface area contributed by atoms with Gasteiger partial charge in [-0.2, -0.15) is 0 Å². The fourth-order valence-electron chi connectivity index (χ4n) is 1.14. The van der Waals surface area contributed by atoms with Crippen molar-refractivity contribution in [1.82, 2.24) is 9.80 Å². The largest absolute Gasteiger partial charge is 0.480 e. The molecule has 0 aliphatic carbocycles. The van der Waals surface area contributed by atoms with Crippen molar-refractivity contribution in [2.45, 2.75) is 13.0 Å². The SMILES string of the molecule is CC(O)CN(CCN(C)C)CC(=O)O. The summed E-state index contributed by atoms with van der Waals surface area (Å²) in [5.41, 5.74) is 0. The minimum absolute atomic E-state index is 0.0151. The zero-order valence-electron chi connectivity index (χ0n) is 9.10. The van der Waals surface area contributed by atoms with Crippen LogP contribution in [0.15, 0.2) is 0 Å². The lowest BCUT2D eigenvalue weighted by atomic mass is 10.3. The second kappa shape index (κ2) is 6.75. The second-order valence-corrected chi connectivity index (χ2v) is 3.78. The van der Waals surface area contributed by atoms with Crippen molar-refractivity contribution in [3.63, 3.8) is 0 Å². The smallest absolute Gasteiger partial charge is 0.317 e. The van der Waals surface area contributed by atoms with Crippen LogP contribution in [0.2, 0.25) is 0 Å². The first-order chi connectivity index (χ1) is 6.41. The van der Waals surface area contributed by atoms with Gasteiger partial charge in [-0.1, -0.05) is 0 Å². The average Bonchev–Trinajstić information content (AvgIpc) is 1.97. The van der Waals surface area contributed by atoms with E-state index in [4.69, 9.17) is 10.2 Å². The lowest BCUT2D eigenvalue weighted by Crippen LogP contribution is -2.39. The van der Waals surface area contributed by atoms with Crippen molar-refractivity contribution in [3.05, 3.63) is 0 Å². The van der Waals surface area contributed by atoms with Gasteiger partial charge in [0, 0.05) is 19.6 Å². The molecule has 1 atom stereocenters. The molecule has 5 nitrogen and oxygen atoms in total. The number of hydrogen-bond acceptors (Lipinski definition) is 4. The van der Waals surface area contributed by atoms with Crippen molar-refractivity contribution >= 4 is 5.97 Å². The van der Waals surface area contributed by atoms with Crippen LogP contribution in [0.3, 0.4) is 0 Å². The van der Waals surface area contributed by atoms with Gasteiger partial charge in [0.2, 0.25) is 0 Å². The molecule has 0 aromatic carbocycles. The summed E-state index contributed by atoms with van der Waals surface area (Å²) in [6, 6.07) is 0. The van der Waals surface area contributed by atoms with Gasteiger partial charge < -0.3 is 15.1 Å². The van der Waals surface area contributed by atoms with Gasteiger partial charge >= 0.3 is 5.97 Å². The van der Waals surface area contributed by atoms with Gasteiger partial charge in [0.15, 0.2) is 0 Å². The maximum atomic E-state index is 10.5. The van der Waals surface area contributed by atoms with Gasteiger partial charge in [0.05, 0.1) is 12.6 Å². The summed E-state index contributed by atoms with van der Waals surface area (Å²) in [7, 11) is 3.86. The Kier molecular flexibility index (Phi) is 6.44. The molecule has 0 aliphatic heterocycles. The van der Waals surface area contributed by atoms with Gasteiger partial charge in [-0.25, -0.2) is 0 Å². The minimum Gasteiger partial charge on any atom is -0.480 e. The van der Waals surface area contributed by atoms with E-state index in [1.807, 2.05) is 19.0 Å². The van der Waals surface area contributed by atoms with Crippen LogP contribution in [-0.4, -0.2) is 72.4 Å². The van der Waals surface area contributed by atoms with Crippen LogP contribution in [0.1, 0.15) is 6.92 Å². The molecule has 5 heteroatoms. The molecular formula is C9H20N2O3. The average molecular weight is 204 g/mol. The molecule has 1 unspecified atom stereocenters. The van der Waals surface area contributed by atoms with E-state index in [-0.39, 0.29) is 6.54 Å². The zero-order chi connectivity index (χ0) is 11.1. The maximum Gasteiger partial charge on any atom is 0.317 e. The second-order valence-electron chi connectivity index (χ2n) is 3.78. The van der Waals surface area contributed by atoms with Gasteiger partial charge in [0.1, 0.15) is 0 Å². The van der Waals surface area contributed by atoms with Crippen LogP contribution >= 0.6 is 0 Å². The topological polar surface area (TPSA) is 64.0 Å². The predicted molar refractivity (Wildman–Crippen MR) is 54.3 cm³/mol. The van der Waals surface area contributed by atoms with Crippen LogP contribution in [0.4, 0.5) is 0 Å². The van der Waals surface area contributed by atoms with Crippen LogP contribution in [0, 0.1) is 0 Å². The third-order valence-electron chi connectivity index (χ3n) is 1.74. The highest BCUT2D eigenvalue weighted by atomic mass is 16.4. The monoisotopic (exact) mass is 204 g/mol. The lowest BCUT2D eigenvalue weighted by Gasteiger charge is -2.23. The summed E-state index contributed by atoms with van der Waals surface area (Å²) in [4.78, 5) is 14.2. The number of likely N-dealkylation sites (N-methyl/N-ethyl adjacent to an activating group) is 1. The molecule has 0 aromatic heterocycles. The molecule has 0 bridgehead atoms. The molecule has 0 rings (SSSR count). The summed E-state index contributed by atoms with van der Waals surface area (Å²) in [6.45, 7) is 3.49. The zero-order valence-corrected chi connectivity index (χ0v) is 9.10. The van der Waals surface area contributed by atoms with Gasteiger partial charge in [-0.05, 0) is 21.0 Å². The van der Waals surface area contributed by atoms with Crippen LogP contribution < -0.4 is 0 Å². The highest BCUT2D eigenvalue weighted by Crippen LogP contribution is 1.93. The van der Waals surface area contributed by atoms with E-state index >= 15 is 0 Å². The Balaban J connectivity index is 3.90. The van der Waals surface area contributed by atoms with E-state index in [0.29, 0.717) is 13.1 Å². The Bertz CT molecular complexity index is 171. The van der Waals surface area contributed by atoms with Crippen molar-refractivity contribution < 1.29 is 15.0 Å². The Morgan fingerprint density at radius 1 is 1.36 bits per heavy atom. The van der Waals surface area contributed by atoms with E-state index < -0.39 is 12.1 Å². The maximum absolute atomic E-state index is 10.5. The Hall–Kier alpha value is -0.650. The number of aliphatic hydroxyl groups is 1. The van der Waals surface area contributed by atoms with Gasteiger partial charge in [-0.15, -0.1) is 0 Å². The summed E-state index contributed by atoms with van der Waals surface area (Å²) < 4.78 is 0. The molecule has 0 radical (unpaired) electrons. The van der Waals surface area contributed by atoms with E-state index in [9.17, 15) is 4.79 Å². The molecule has 0 heterocycles. The number of hydrogen-bond donors (Lipinski definition) is 2. The normalized spacial score (nSPS) is 13.6. The molecule has 0 saturated carbocycles. The van der Waals surface area contributed by atoms with Gasteiger partial charge in [-0.3, -0.25) is 9.69 Å². The Morgan fingerprint density at radius 2 is 1.93 bits per heavy atom. The number of carboxylic acid groups (broad SMARTS) is 1. The molecule has 2 N–H and O–H groups in total. The minimum atomic E-state index is -0.857. The fourth-order valence-corrected chi connectivity index (χ4v) is 1.14. The first-order valence-electron chi connectivity index (χ1n) is 4.68. The number of carbonyl (C=O) groups is 1. The molecule has 0 aliphatic rings. The number of rotatable bonds is 7. The predicted octanol–water partition coefficient (Wildman–Crippen LogP) is -0.685. The molecule has 0 saturated heterocycles. The van der Waals surface area contributed by atoms with Crippen LogP contribution in [0.25, 0.3) is 0 Å². The van der Waals surface area contributed by atoms with Crippen molar-refractivity contribution in [3.8, 4) is 0 Å². The van der Waals surface area contributed by atoms with Crippen molar-refractivity contribution in [2.24, 2.45) is 0 Å². The molecule has 0 amide bonds. The Labute approximate surface area is 84.9 Å². The molecular weight excluding hydrogens is 184 g/mol. The number of carboxylic acids is 1. The fraction of sp³-hybridized carbons (Fsp3) is 0.889. The Morgan fingerprint density at radius 3 is 2.29 bits per heavy atom. The summed E-state index contributed by atoms with van der Waals surface area (Å²) in [5.74, 6) is -0.857. The highest BCUT2D eigenvalue weighted by molar-refractivity contribution is 5.69. The first-order valence-corrected chi connectivity index (χ1v) is 4.68. The summed E-state index contributed by atoms with van der Waals surface area (Å²) >= 11 is 0. The lowest BCUT2D eigenvalue weighted by molar-refractivity contribution is -0.138. The molecule has 0 aromatic rings. The van der Waals surface area contributed by atoms with E-state index in [1.165, 1.54) is 0 Å². The summed E-state index contributed by atoms with van der Waals surface area (Å²) in [5, 5.41) is 17.8. The van der Waals surface area contributed by atoms with Crippen molar-refractivity contribution in [2.75, 3.05) is 40.3 Å². The van der Waals surface area contributed by atoms with Crippen molar-refractivity contribution in [1.29, 1.82) is 0 Å². The molecule has 14 heavy (non-hydrogen) atoms. The molecule has 84 valence electrons. The molecule has 0 fully saturated rings. The number of aliphatic hydroxyl groups excluding tert-OH is 1. The third kappa shape index (κ3) is 7.97. The first kappa shape index (κ1) is 13.4. The standard InChI is InChI=1S/C9H20N2O3/c1-8(12)6-11(7-9(13)14)5-4-10(2)3/h8,12H,4-7H2,1-3H3,(H,13,14). The highest BCUT2D eigenvalue weighted by Gasteiger charge is 2.11. The van der Waals surface area contributed by atoms with Crippen LogP contribution in [0.5, 0.6) is 0 Å². The van der Waals surface area contributed by atoms with E-state index in [0.717, 1.165) is 6.54 Å². The van der Waals surface area contributed by atoms with Gasteiger partial charge in [0.25, 0.3) is 0 Å². The summed E-state index contributed by atoms with van der Waals surface area (Å²) in [6.07, 6.45) is -0.489. The van der Waals surface area contributed by atoms with Crippen LogP contribution in [-0.2, 0) is 4.79 Å². The third-order valence-corrected chi connectivity index (χ3v) is 1.74. The number of nitrogens with zero attached hydrogens (tertiary/aromatic N) is 2. The van der Waals surface area contributed by atoms with E-state index in [1.54, 1.807) is 11.8 Å². The number of aliphatic carboxylic acids is 1. The quantitative estimate of drug-likeness (QED) is 0.575.